The normalized spacial score (nSPS) is 24.3. The predicted octanol–water partition coefficient (Wildman–Crippen LogP) is 3.35. The van der Waals surface area contributed by atoms with Gasteiger partial charge in [0.05, 0.1) is 0 Å². The number of nitrogens with one attached hydrogen (secondary N) is 1. The van der Waals surface area contributed by atoms with Crippen molar-refractivity contribution >= 4 is 29.9 Å². The predicted molar refractivity (Wildman–Crippen MR) is 90.8 cm³/mol. The lowest BCUT2D eigenvalue weighted by molar-refractivity contribution is 0.250. The summed E-state index contributed by atoms with van der Waals surface area (Å²) in [5, 5.41) is 3.39. The average Bonchev–Trinajstić information content (AvgIpc) is 2.33. The number of hydrogen-bond donors (Lipinski definition) is 1. The zero-order valence-corrected chi connectivity index (χ0v) is 14.7. The van der Waals surface area contributed by atoms with E-state index in [-0.39, 0.29) is 24.0 Å². The molecule has 1 fully saturated rings. The molecule has 0 aliphatic heterocycles. The van der Waals surface area contributed by atoms with Crippen molar-refractivity contribution in [3.8, 4) is 0 Å². The van der Waals surface area contributed by atoms with Gasteiger partial charge < -0.3 is 10.2 Å². The van der Waals surface area contributed by atoms with Gasteiger partial charge in [-0.25, -0.2) is 0 Å². The zero-order chi connectivity index (χ0) is 12.7. The lowest BCUT2D eigenvalue weighted by atomic mass is 9.83. The van der Waals surface area contributed by atoms with E-state index in [9.17, 15) is 0 Å². The third-order valence-corrected chi connectivity index (χ3v) is 3.77. The van der Waals surface area contributed by atoms with Gasteiger partial charge in [-0.15, -0.1) is 24.0 Å². The van der Waals surface area contributed by atoms with Crippen LogP contribution in [0.5, 0.6) is 0 Å². The van der Waals surface area contributed by atoms with Crippen molar-refractivity contribution in [2.75, 3.05) is 27.2 Å². The summed E-state index contributed by atoms with van der Waals surface area (Å²) in [5.41, 5.74) is 0. The van der Waals surface area contributed by atoms with E-state index in [4.69, 9.17) is 0 Å². The van der Waals surface area contributed by atoms with E-state index in [0.29, 0.717) is 0 Å². The molecule has 0 saturated heterocycles. The number of halogens is 1. The SMILES string of the molecule is CCCNC(=NC)N(C)CC1CCC(C)CC1.I. The lowest BCUT2D eigenvalue weighted by Crippen LogP contribution is -2.42. The third kappa shape index (κ3) is 6.25. The molecule has 108 valence electrons. The first-order valence-corrected chi connectivity index (χ1v) is 7.09. The highest BCUT2D eigenvalue weighted by atomic mass is 127. The van der Waals surface area contributed by atoms with Crippen LogP contribution in [0.2, 0.25) is 0 Å². The zero-order valence-electron chi connectivity index (χ0n) is 12.4. The van der Waals surface area contributed by atoms with Crippen molar-refractivity contribution in [2.45, 2.75) is 46.0 Å². The van der Waals surface area contributed by atoms with Gasteiger partial charge in [0, 0.05) is 27.2 Å². The van der Waals surface area contributed by atoms with Crippen LogP contribution in [0.25, 0.3) is 0 Å². The van der Waals surface area contributed by atoms with Crippen molar-refractivity contribution < 1.29 is 0 Å². The molecule has 1 N–H and O–H groups in total. The van der Waals surface area contributed by atoms with Crippen molar-refractivity contribution in [2.24, 2.45) is 16.8 Å². The number of hydrogen-bond acceptors (Lipinski definition) is 1. The van der Waals surface area contributed by atoms with Gasteiger partial charge in [0.15, 0.2) is 5.96 Å². The minimum Gasteiger partial charge on any atom is -0.356 e. The highest BCUT2D eigenvalue weighted by Gasteiger charge is 2.20. The molecule has 0 bridgehead atoms. The molecule has 0 aromatic carbocycles. The van der Waals surface area contributed by atoms with Crippen molar-refractivity contribution in [3.05, 3.63) is 0 Å². The smallest absolute Gasteiger partial charge is 0.193 e. The van der Waals surface area contributed by atoms with Crippen LogP contribution in [0.4, 0.5) is 0 Å². The molecule has 0 amide bonds. The average molecular weight is 367 g/mol. The van der Waals surface area contributed by atoms with Crippen LogP contribution in [0.3, 0.4) is 0 Å². The van der Waals surface area contributed by atoms with Crippen molar-refractivity contribution in [1.82, 2.24) is 10.2 Å². The summed E-state index contributed by atoms with van der Waals surface area (Å²) in [6.45, 7) is 6.72. The number of nitrogens with zero attached hydrogens (tertiary/aromatic N) is 2. The molecular formula is C14H30IN3. The number of aliphatic imine (C=N–C) groups is 1. The van der Waals surface area contributed by atoms with Gasteiger partial charge in [-0.1, -0.05) is 26.7 Å². The first-order chi connectivity index (χ1) is 8.17. The topological polar surface area (TPSA) is 27.6 Å². The minimum atomic E-state index is 0. The molecule has 0 aromatic heterocycles. The fourth-order valence-corrected chi connectivity index (χ4v) is 2.61. The maximum atomic E-state index is 4.34. The summed E-state index contributed by atoms with van der Waals surface area (Å²) in [5.74, 6) is 2.84. The summed E-state index contributed by atoms with van der Waals surface area (Å²) < 4.78 is 0. The van der Waals surface area contributed by atoms with E-state index in [1.807, 2.05) is 7.05 Å². The van der Waals surface area contributed by atoms with Gasteiger partial charge in [-0.05, 0) is 31.1 Å². The molecule has 0 heterocycles. The van der Waals surface area contributed by atoms with Crippen LogP contribution in [0.15, 0.2) is 4.99 Å². The van der Waals surface area contributed by atoms with Crippen LogP contribution in [0.1, 0.15) is 46.0 Å². The standard InChI is InChI=1S/C14H29N3.HI/c1-5-10-16-14(15-3)17(4)11-13-8-6-12(2)7-9-13;/h12-13H,5-11H2,1-4H3,(H,15,16);1H. The van der Waals surface area contributed by atoms with E-state index < -0.39 is 0 Å². The van der Waals surface area contributed by atoms with E-state index in [0.717, 1.165) is 37.3 Å². The molecule has 1 aliphatic rings. The first kappa shape index (κ1) is 18.0. The number of rotatable bonds is 4. The monoisotopic (exact) mass is 367 g/mol. The van der Waals surface area contributed by atoms with E-state index in [2.05, 4.69) is 36.1 Å². The van der Waals surface area contributed by atoms with Gasteiger partial charge >= 0.3 is 0 Å². The summed E-state index contributed by atoms with van der Waals surface area (Å²) >= 11 is 0. The third-order valence-electron chi connectivity index (χ3n) is 3.77. The van der Waals surface area contributed by atoms with Gasteiger partial charge in [-0.3, -0.25) is 4.99 Å². The van der Waals surface area contributed by atoms with Gasteiger partial charge in [0.25, 0.3) is 0 Å². The van der Waals surface area contributed by atoms with Crippen LogP contribution in [0, 0.1) is 11.8 Å². The molecule has 3 nitrogen and oxygen atoms in total. The Hall–Kier alpha value is 0. The van der Waals surface area contributed by atoms with Crippen LogP contribution in [-0.2, 0) is 0 Å². The minimum absolute atomic E-state index is 0. The Morgan fingerprint density at radius 3 is 2.39 bits per heavy atom. The maximum absolute atomic E-state index is 4.34. The Balaban J connectivity index is 0.00000289. The van der Waals surface area contributed by atoms with Crippen molar-refractivity contribution in [1.29, 1.82) is 0 Å². The molecule has 0 aromatic rings. The molecule has 4 heteroatoms. The second-order valence-electron chi connectivity index (χ2n) is 5.48. The largest absolute Gasteiger partial charge is 0.356 e. The molecule has 0 unspecified atom stereocenters. The number of guanidine groups is 1. The summed E-state index contributed by atoms with van der Waals surface area (Å²) in [4.78, 5) is 6.63. The second kappa shape index (κ2) is 9.87. The van der Waals surface area contributed by atoms with Crippen LogP contribution < -0.4 is 5.32 Å². The Bertz CT molecular complexity index is 235. The van der Waals surface area contributed by atoms with Crippen LogP contribution in [-0.4, -0.2) is 38.0 Å². The highest BCUT2D eigenvalue weighted by Crippen LogP contribution is 2.28. The van der Waals surface area contributed by atoms with Gasteiger partial charge in [0.2, 0.25) is 0 Å². The second-order valence-corrected chi connectivity index (χ2v) is 5.48. The molecule has 0 atom stereocenters. The molecule has 1 aliphatic carbocycles. The van der Waals surface area contributed by atoms with E-state index >= 15 is 0 Å². The van der Waals surface area contributed by atoms with Gasteiger partial charge in [-0.2, -0.15) is 0 Å². The Morgan fingerprint density at radius 2 is 1.89 bits per heavy atom. The molecule has 0 radical (unpaired) electrons. The molecule has 18 heavy (non-hydrogen) atoms. The molecule has 1 rings (SSSR count). The molecular weight excluding hydrogens is 337 g/mol. The maximum Gasteiger partial charge on any atom is 0.193 e. The van der Waals surface area contributed by atoms with Gasteiger partial charge in [0.1, 0.15) is 0 Å². The molecule has 0 spiro atoms. The highest BCUT2D eigenvalue weighted by molar-refractivity contribution is 14.0. The Morgan fingerprint density at radius 1 is 1.28 bits per heavy atom. The van der Waals surface area contributed by atoms with E-state index in [1.54, 1.807) is 0 Å². The lowest BCUT2D eigenvalue weighted by Gasteiger charge is -2.31. The summed E-state index contributed by atoms with van der Waals surface area (Å²) in [7, 11) is 4.03. The molecule has 1 saturated carbocycles. The fourth-order valence-electron chi connectivity index (χ4n) is 2.61. The first-order valence-electron chi connectivity index (χ1n) is 7.09. The summed E-state index contributed by atoms with van der Waals surface area (Å²) in [6, 6.07) is 0. The van der Waals surface area contributed by atoms with E-state index in [1.165, 1.54) is 25.7 Å². The quantitative estimate of drug-likeness (QED) is 0.469. The summed E-state index contributed by atoms with van der Waals surface area (Å²) in [6.07, 6.45) is 6.72. The Kier molecular flexibility index (Phi) is 9.87. The fraction of sp³-hybridized carbons (Fsp3) is 0.929. The van der Waals surface area contributed by atoms with Crippen LogP contribution >= 0.6 is 24.0 Å². The van der Waals surface area contributed by atoms with Crippen molar-refractivity contribution in [3.63, 3.8) is 0 Å². The Labute approximate surface area is 130 Å².